The highest BCUT2D eigenvalue weighted by molar-refractivity contribution is 6.42. The minimum atomic E-state index is -0.334. The quantitative estimate of drug-likeness (QED) is 0.268. The third kappa shape index (κ3) is 5.26. The molecule has 0 fully saturated rings. The number of hydrogen-bond donors (Lipinski definition) is 0. The van der Waals surface area contributed by atoms with E-state index >= 15 is 0 Å². The van der Waals surface area contributed by atoms with Crippen LogP contribution in [-0.4, -0.2) is 52.6 Å². The molecule has 3 heterocycles. The van der Waals surface area contributed by atoms with Crippen LogP contribution >= 0.6 is 23.2 Å². The number of nitrogens with zero attached hydrogens (tertiary/aromatic N) is 3. The molecule has 4 aromatic rings. The zero-order chi connectivity index (χ0) is 29.4. The van der Waals surface area contributed by atoms with E-state index in [0.29, 0.717) is 65.4 Å². The van der Waals surface area contributed by atoms with Gasteiger partial charge in [0.15, 0.2) is 17.3 Å². The predicted octanol–water partition coefficient (Wildman–Crippen LogP) is 5.20. The van der Waals surface area contributed by atoms with Gasteiger partial charge >= 0.3 is 5.69 Å². The van der Waals surface area contributed by atoms with Gasteiger partial charge in [-0.05, 0) is 66.6 Å². The maximum atomic E-state index is 13.9. The Balaban J connectivity index is 1.34. The summed E-state index contributed by atoms with van der Waals surface area (Å²) in [6, 6.07) is 17.3. The summed E-state index contributed by atoms with van der Waals surface area (Å²) in [5.74, 6) is 1.48. The molecule has 0 saturated heterocycles. The molecular weight excluding hydrogens is 581 g/mol. The van der Waals surface area contributed by atoms with Crippen molar-refractivity contribution in [2.75, 3.05) is 26.9 Å². The second-order valence-electron chi connectivity index (χ2n) is 10.0. The molecular formula is C31H27Cl2N3O6. The Bertz CT molecular complexity index is 1740. The van der Waals surface area contributed by atoms with E-state index in [9.17, 15) is 14.4 Å². The van der Waals surface area contributed by atoms with E-state index in [4.69, 9.17) is 37.4 Å². The molecule has 1 amide bonds. The Hall–Kier alpha value is -4.21. The number of carbonyl (C=O) groups is 2. The number of aromatic nitrogens is 2. The third-order valence-corrected chi connectivity index (χ3v) is 8.21. The average Bonchev–Trinajstić information content (AvgIpc) is 3.32. The summed E-state index contributed by atoms with van der Waals surface area (Å²) in [7, 11) is 1.56. The van der Waals surface area contributed by atoms with E-state index < -0.39 is 0 Å². The number of fused-ring (bicyclic) bond motifs is 2. The number of methoxy groups -OCH3 is 1. The lowest BCUT2D eigenvalue weighted by molar-refractivity contribution is 0.0707. The SMILES string of the molecule is COc1ccc(-n2c(C(=O)CCc3ccc4c(c3)OCCO4)c3n(c2=O)CCN(C(=O)c2ccc(Cl)c(Cl)c2)C3)cc1. The second kappa shape index (κ2) is 11.6. The van der Waals surface area contributed by atoms with Crippen molar-refractivity contribution in [1.82, 2.24) is 14.0 Å². The fraction of sp³-hybridized carbons (Fsp3) is 0.258. The Kier molecular flexibility index (Phi) is 7.70. The number of carbonyl (C=O) groups excluding carboxylic acids is 2. The van der Waals surface area contributed by atoms with Gasteiger partial charge in [-0.2, -0.15) is 0 Å². The van der Waals surface area contributed by atoms with E-state index in [-0.39, 0.29) is 47.6 Å². The summed E-state index contributed by atoms with van der Waals surface area (Å²) in [5, 5.41) is 0.625. The molecule has 9 nitrogen and oxygen atoms in total. The van der Waals surface area contributed by atoms with Gasteiger partial charge in [-0.1, -0.05) is 29.3 Å². The monoisotopic (exact) mass is 607 g/mol. The molecule has 0 unspecified atom stereocenters. The zero-order valence-corrected chi connectivity index (χ0v) is 24.3. The highest BCUT2D eigenvalue weighted by atomic mass is 35.5. The van der Waals surface area contributed by atoms with Crippen LogP contribution < -0.4 is 19.9 Å². The number of aryl methyl sites for hydroxylation is 1. The highest BCUT2D eigenvalue weighted by Gasteiger charge is 2.32. The molecule has 3 aromatic carbocycles. The maximum absolute atomic E-state index is 13.9. The van der Waals surface area contributed by atoms with Gasteiger partial charge in [-0.3, -0.25) is 18.7 Å². The van der Waals surface area contributed by atoms with Crippen LogP contribution in [0.3, 0.4) is 0 Å². The van der Waals surface area contributed by atoms with Gasteiger partial charge in [-0.15, -0.1) is 0 Å². The summed E-state index contributed by atoms with van der Waals surface area (Å²) < 4.78 is 19.6. The van der Waals surface area contributed by atoms with Crippen molar-refractivity contribution in [3.05, 3.63) is 104 Å². The topological polar surface area (TPSA) is 92.0 Å². The first kappa shape index (κ1) is 27.9. The number of imidazole rings is 1. The van der Waals surface area contributed by atoms with Crippen molar-refractivity contribution in [3.8, 4) is 22.9 Å². The number of hydrogen-bond acceptors (Lipinski definition) is 6. The maximum Gasteiger partial charge on any atom is 0.333 e. The molecule has 0 aliphatic carbocycles. The number of halogens is 2. The lowest BCUT2D eigenvalue weighted by Gasteiger charge is -2.28. The Morgan fingerprint density at radius 2 is 1.67 bits per heavy atom. The van der Waals surface area contributed by atoms with Gasteiger partial charge in [0.1, 0.15) is 24.7 Å². The molecule has 11 heteroatoms. The van der Waals surface area contributed by atoms with Crippen LogP contribution in [0.15, 0.2) is 65.5 Å². The Morgan fingerprint density at radius 1 is 0.905 bits per heavy atom. The smallest absolute Gasteiger partial charge is 0.333 e. The lowest BCUT2D eigenvalue weighted by Crippen LogP contribution is -2.41. The van der Waals surface area contributed by atoms with Crippen LogP contribution in [0.4, 0.5) is 0 Å². The lowest BCUT2D eigenvalue weighted by atomic mass is 10.0. The summed E-state index contributed by atoms with van der Waals surface area (Å²) in [5.41, 5.74) is 2.24. The molecule has 42 heavy (non-hydrogen) atoms. The molecule has 0 bridgehead atoms. The van der Waals surface area contributed by atoms with Crippen LogP contribution in [-0.2, 0) is 19.5 Å². The van der Waals surface area contributed by atoms with Crippen molar-refractivity contribution < 1.29 is 23.8 Å². The predicted molar refractivity (Wildman–Crippen MR) is 158 cm³/mol. The van der Waals surface area contributed by atoms with Crippen LogP contribution in [0, 0.1) is 0 Å². The molecule has 216 valence electrons. The summed E-state index contributed by atoms with van der Waals surface area (Å²) in [6.45, 7) is 1.59. The van der Waals surface area contributed by atoms with E-state index in [0.717, 1.165) is 5.56 Å². The Morgan fingerprint density at radius 3 is 2.40 bits per heavy atom. The first-order valence-electron chi connectivity index (χ1n) is 13.5. The first-order chi connectivity index (χ1) is 20.3. The van der Waals surface area contributed by atoms with Gasteiger partial charge in [0.2, 0.25) is 0 Å². The molecule has 2 aliphatic heterocycles. The Labute approximate surface area is 251 Å². The molecule has 0 saturated carbocycles. The molecule has 0 spiro atoms. The van der Waals surface area contributed by atoms with Crippen LogP contribution in [0.5, 0.6) is 17.2 Å². The van der Waals surface area contributed by atoms with Crippen molar-refractivity contribution in [1.29, 1.82) is 0 Å². The van der Waals surface area contributed by atoms with Gasteiger partial charge in [-0.25, -0.2) is 4.79 Å². The number of Topliss-reactive ketones (excluding diaryl/α,β-unsaturated/α-hetero) is 1. The van der Waals surface area contributed by atoms with E-state index in [1.165, 1.54) is 10.6 Å². The molecule has 2 aliphatic rings. The highest BCUT2D eigenvalue weighted by Crippen LogP contribution is 2.32. The molecule has 0 radical (unpaired) electrons. The molecule has 1 aromatic heterocycles. The number of amides is 1. The van der Waals surface area contributed by atoms with Crippen LogP contribution in [0.1, 0.15) is 38.5 Å². The largest absolute Gasteiger partial charge is 0.497 e. The number of ether oxygens (including phenoxy) is 3. The van der Waals surface area contributed by atoms with Crippen molar-refractivity contribution >= 4 is 34.9 Å². The van der Waals surface area contributed by atoms with E-state index in [1.54, 1.807) is 53.0 Å². The fourth-order valence-electron chi connectivity index (χ4n) is 5.32. The first-order valence-corrected chi connectivity index (χ1v) is 14.2. The molecule has 0 atom stereocenters. The fourth-order valence-corrected chi connectivity index (χ4v) is 5.62. The van der Waals surface area contributed by atoms with Gasteiger partial charge in [0, 0.05) is 25.1 Å². The summed E-state index contributed by atoms with van der Waals surface area (Å²) in [6.07, 6.45) is 0.579. The van der Waals surface area contributed by atoms with Gasteiger partial charge < -0.3 is 19.1 Å². The number of benzene rings is 3. The number of rotatable bonds is 7. The van der Waals surface area contributed by atoms with Gasteiger partial charge in [0.05, 0.1) is 35.1 Å². The van der Waals surface area contributed by atoms with E-state index in [1.807, 2.05) is 18.2 Å². The average molecular weight is 608 g/mol. The van der Waals surface area contributed by atoms with Crippen molar-refractivity contribution in [3.63, 3.8) is 0 Å². The zero-order valence-electron chi connectivity index (χ0n) is 22.8. The van der Waals surface area contributed by atoms with Crippen LogP contribution in [0.25, 0.3) is 5.69 Å². The summed E-state index contributed by atoms with van der Waals surface area (Å²) >= 11 is 12.2. The minimum Gasteiger partial charge on any atom is -0.497 e. The minimum absolute atomic E-state index is 0.0859. The second-order valence-corrected chi connectivity index (χ2v) is 10.8. The van der Waals surface area contributed by atoms with Gasteiger partial charge in [0.25, 0.3) is 5.91 Å². The normalized spacial score (nSPS) is 13.9. The van der Waals surface area contributed by atoms with Crippen molar-refractivity contribution in [2.24, 2.45) is 0 Å². The number of ketones is 1. The standard InChI is InChI=1S/C31H27Cl2N3O6/c1-40-22-7-5-21(6-8-22)36-29(26(37)10-2-19-3-11-27-28(16-19)42-15-14-41-27)25-18-34(12-13-35(25)31(36)39)30(38)20-4-9-23(32)24(33)17-20/h3-9,11,16-17H,2,10,12-15,18H2,1H3. The van der Waals surface area contributed by atoms with Crippen LogP contribution in [0.2, 0.25) is 10.0 Å². The third-order valence-electron chi connectivity index (χ3n) is 7.47. The van der Waals surface area contributed by atoms with Crippen molar-refractivity contribution in [2.45, 2.75) is 25.9 Å². The van der Waals surface area contributed by atoms with E-state index in [2.05, 4.69) is 0 Å². The molecule has 6 rings (SSSR count). The summed E-state index contributed by atoms with van der Waals surface area (Å²) in [4.78, 5) is 42.7. The molecule has 0 N–H and O–H groups in total.